The third-order valence-electron chi connectivity index (χ3n) is 6.70. The molecule has 5 rings (SSSR count). The Kier molecular flexibility index (Phi) is 6.72. The van der Waals surface area contributed by atoms with Gasteiger partial charge < -0.3 is 24.7 Å². The second-order valence-corrected chi connectivity index (χ2v) is 9.32. The number of amides is 1. The predicted octanol–water partition coefficient (Wildman–Crippen LogP) is 4.04. The van der Waals surface area contributed by atoms with Crippen LogP contribution >= 0.6 is 0 Å². The maximum absolute atomic E-state index is 15.6. The number of fused-ring (bicyclic) bond motifs is 2. The van der Waals surface area contributed by atoms with E-state index in [-0.39, 0.29) is 34.8 Å². The summed E-state index contributed by atoms with van der Waals surface area (Å²) in [5.41, 5.74) is 1.53. The van der Waals surface area contributed by atoms with Crippen LogP contribution in [0.1, 0.15) is 42.7 Å². The second kappa shape index (κ2) is 9.97. The van der Waals surface area contributed by atoms with Crippen molar-refractivity contribution in [3.8, 4) is 5.75 Å². The number of ether oxygens (including phenoxy) is 1. The number of nitrogens with one attached hydrogen (secondary N) is 2. The van der Waals surface area contributed by atoms with Gasteiger partial charge in [-0.1, -0.05) is 6.92 Å². The summed E-state index contributed by atoms with van der Waals surface area (Å²) in [6, 6.07) is 1.84. The summed E-state index contributed by atoms with van der Waals surface area (Å²) in [7, 11) is 1.73. The van der Waals surface area contributed by atoms with E-state index < -0.39 is 17.5 Å². The molecule has 3 aromatic heterocycles. The summed E-state index contributed by atoms with van der Waals surface area (Å²) >= 11 is 0. The molecule has 0 atom stereocenters. The zero-order valence-electron chi connectivity index (χ0n) is 21.4. The third-order valence-corrected chi connectivity index (χ3v) is 6.70. The van der Waals surface area contributed by atoms with Gasteiger partial charge in [-0.3, -0.25) is 9.48 Å². The minimum Gasteiger partial charge on any atom is -0.488 e. The van der Waals surface area contributed by atoms with E-state index in [1.165, 1.54) is 16.7 Å². The number of nitrogens with zero attached hydrogens (tertiary/aromatic N) is 5. The fourth-order valence-corrected chi connectivity index (χ4v) is 5.09. The van der Waals surface area contributed by atoms with Crippen molar-refractivity contribution in [1.29, 1.82) is 0 Å². The lowest BCUT2D eigenvalue weighted by molar-refractivity contribution is 0.102. The SMILES string of the molecule is CCNC1CCN(c2cc(F)c(C(=O)Nc3cn4cc(C)nc4c(F)c3OCC)c3nn(C)cc23)CC1. The molecule has 0 spiro atoms. The Bertz CT molecular complexity index is 1470. The molecular formula is C26H31F2N7O2. The highest BCUT2D eigenvalue weighted by Gasteiger charge is 2.27. The number of hydrogen-bond donors (Lipinski definition) is 2. The van der Waals surface area contributed by atoms with Gasteiger partial charge in [0.1, 0.15) is 22.6 Å². The maximum atomic E-state index is 15.6. The molecule has 1 aliphatic heterocycles. The van der Waals surface area contributed by atoms with E-state index in [0.29, 0.717) is 22.8 Å². The highest BCUT2D eigenvalue weighted by Crippen LogP contribution is 2.35. The summed E-state index contributed by atoms with van der Waals surface area (Å²) in [4.78, 5) is 19.8. The van der Waals surface area contributed by atoms with E-state index in [1.54, 1.807) is 38.0 Å². The molecule has 4 heterocycles. The number of anilines is 2. The lowest BCUT2D eigenvalue weighted by atomic mass is 10.0. The van der Waals surface area contributed by atoms with E-state index in [9.17, 15) is 4.79 Å². The van der Waals surface area contributed by atoms with Crippen LogP contribution in [-0.2, 0) is 7.05 Å². The minimum atomic E-state index is -0.741. The average molecular weight is 512 g/mol. The maximum Gasteiger partial charge on any atom is 0.261 e. The van der Waals surface area contributed by atoms with Crippen molar-refractivity contribution in [3.63, 3.8) is 0 Å². The highest BCUT2D eigenvalue weighted by molar-refractivity contribution is 6.14. The Morgan fingerprint density at radius 2 is 1.95 bits per heavy atom. The van der Waals surface area contributed by atoms with Gasteiger partial charge in [-0.25, -0.2) is 9.37 Å². The predicted molar refractivity (Wildman–Crippen MR) is 139 cm³/mol. The molecule has 0 bridgehead atoms. The zero-order valence-corrected chi connectivity index (χ0v) is 21.4. The summed E-state index contributed by atoms with van der Waals surface area (Å²) in [5, 5.41) is 11.2. The number of imidazole rings is 1. The van der Waals surface area contributed by atoms with Gasteiger partial charge in [-0.15, -0.1) is 0 Å². The summed E-state index contributed by atoms with van der Waals surface area (Å²) in [6.45, 7) is 8.17. The molecule has 196 valence electrons. The zero-order chi connectivity index (χ0) is 26.3. The Morgan fingerprint density at radius 3 is 2.65 bits per heavy atom. The first-order valence-electron chi connectivity index (χ1n) is 12.6. The first kappa shape index (κ1) is 24.9. The van der Waals surface area contributed by atoms with Crippen molar-refractivity contribution in [3.05, 3.63) is 47.5 Å². The minimum absolute atomic E-state index is 0.0762. The molecule has 0 unspecified atom stereocenters. The van der Waals surface area contributed by atoms with Crippen LogP contribution in [0.4, 0.5) is 20.2 Å². The van der Waals surface area contributed by atoms with Gasteiger partial charge >= 0.3 is 0 Å². The van der Waals surface area contributed by atoms with Crippen molar-refractivity contribution in [2.75, 3.05) is 36.5 Å². The molecule has 0 aliphatic carbocycles. The van der Waals surface area contributed by atoms with Crippen LogP contribution in [0.3, 0.4) is 0 Å². The van der Waals surface area contributed by atoms with Crippen LogP contribution in [0.15, 0.2) is 24.7 Å². The molecule has 2 N–H and O–H groups in total. The van der Waals surface area contributed by atoms with Crippen LogP contribution in [0.2, 0.25) is 0 Å². The number of carbonyl (C=O) groups is 1. The van der Waals surface area contributed by atoms with Crippen molar-refractivity contribution >= 4 is 33.8 Å². The quantitative estimate of drug-likeness (QED) is 0.390. The standard InChI is InChI=1S/C26H31F2N7O2/c1-5-29-16-7-9-34(10-8-16)20-11-18(27)21(23-17(20)13-33(4)32-23)26(36)31-19-14-35-12-15(3)30-25(35)22(28)24(19)37-6-2/h11-14,16,29H,5-10H2,1-4H3,(H,31,36). The number of piperidine rings is 1. The number of carbonyl (C=O) groups excluding carboxylic acids is 1. The third kappa shape index (κ3) is 4.59. The number of aromatic nitrogens is 4. The molecule has 9 nitrogen and oxygen atoms in total. The van der Waals surface area contributed by atoms with Gasteiger partial charge in [0.25, 0.3) is 5.91 Å². The first-order valence-corrected chi connectivity index (χ1v) is 12.6. The van der Waals surface area contributed by atoms with Crippen LogP contribution in [0, 0.1) is 18.6 Å². The van der Waals surface area contributed by atoms with Gasteiger partial charge in [-0.2, -0.15) is 9.49 Å². The number of hydrogen-bond acceptors (Lipinski definition) is 6. The Labute approximate surface area is 213 Å². The monoisotopic (exact) mass is 511 g/mol. The molecule has 1 aliphatic rings. The normalized spacial score (nSPS) is 14.6. The topological polar surface area (TPSA) is 88.7 Å². The molecule has 1 saturated heterocycles. The average Bonchev–Trinajstić information content (AvgIpc) is 3.43. The molecule has 4 aromatic rings. The van der Waals surface area contributed by atoms with Crippen molar-refractivity contribution in [2.24, 2.45) is 7.05 Å². The molecule has 1 fully saturated rings. The van der Waals surface area contributed by atoms with Crippen molar-refractivity contribution in [2.45, 2.75) is 39.7 Å². The first-order chi connectivity index (χ1) is 17.8. The van der Waals surface area contributed by atoms with Gasteiger partial charge in [0.15, 0.2) is 11.4 Å². The van der Waals surface area contributed by atoms with Gasteiger partial charge in [0.2, 0.25) is 5.82 Å². The number of pyridine rings is 1. The number of rotatable bonds is 7. The fraction of sp³-hybridized carbons (Fsp3) is 0.423. The van der Waals surface area contributed by atoms with E-state index in [4.69, 9.17) is 4.74 Å². The number of benzene rings is 1. The van der Waals surface area contributed by atoms with Crippen molar-refractivity contribution < 1.29 is 18.3 Å². The molecule has 0 saturated carbocycles. The van der Waals surface area contributed by atoms with E-state index in [1.807, 2.05) is 0 Å². The molecular weight excluding hydrogens is 480 g/mol. The van der Waals surface area contributed by atoms with Crippen LogP contribution < -0.4 is 20.3 Å². The van der Waals surface area contributed by atoms with Crippen LogP contribution in [0.25, 0.3) is 16.6 Å². The number of aryl methyl sites for hydroxylation is 2. The fourth-order valence-electron chi connectivity index (χ4n) is 5.09. The molecule has 1 amide bonds. The highest BCUT2D eigenvalue weighted by atomic mass is 19.1. The van der Waals surface area contributed by atoms with Crippen LogP contribution in [0.5, 0.6) is 5.75 Å². The Hall–Kier alpha value is -3.73. The Morgan fingerprint density at radius 1 is 1.19 bits per heavy atom. The van der Waals surface area contributed by atoms with Crippen LogP contribution in [-0.4, -0.2) is 57.4 Å². The van der Waals surface area contributed by atoms with Gasteiger partial charge in [-0.05, 0) is 39.3 Å². The van der Waals surface area contributed by atoms with E-state index >= 15 is 8.78 Å². The molecule has 11 heteroatoms. The Balaban J connectivity index is 1.52. The molecule has 1 aromatic carbocycles. The van der Waals surface area contributed by atoms with E-state index in [0.717, 1.165) is 32.5 Å². The summed E-state index contributed by atoms with van der Waals surface area (Å²) in [5.74, 6) is -2.28. The molecule has 37 heavy (non-hydrogen) atoms. The summed E-state index contributed by atoms with van der Waals surface area (Å²) < 4.78 is 39.3. The second-order valence-electron chi connectivity index (χ2n) is 9.32. The van der Waals surface area contributed by atoms with E-state index in [2.05, 4.69) is 32.5 Å². The smallest absolute Gasteiger partial charge is 0.261 e. The largest absolute Gasteiger partial charge is 0.488 e. The van der Waals surface area contributed by atoms with Gasteiger partial charge in [0, 0.05) is 50.2 Å². The summed E-state index contributed by atoms with van der Waals surface area (Å²) in [6.07, 6.45) is 6.83. The van der Waals surface area contributed by atoms with Gasteiger partial charge in [0.05, 0.1) is 18.0 Å². The number of halogens is 2. The lowest BCUT2D eigenvalue weighted by Gasteiger charge is -2.34. The molecule has 0 radical (unpaired) electrons. The lowest BCUT2D eigenvalue weighted by Crippen LogP contribution is -2.42. The van der Waals surface area contributed by atoms with Crippen molar-refractivity contribution in [1.82, 2.24) is 24.5 Å².